The van der Waals surface area contributed by atoms with E-state index >= 15 is 0 Å². The van der Waals surface area contributed by atoms with Gasteiger partial charge in [-0.25, -0.2) is 9.47 Å². The molecule has 38 heavy (non-hydrogen) atoms. The highest BCUT2D eigenvalue weighted by Crippen LogP contribution is 2.39. The largest absolute Gasteiger partial charge is 0.445 e. The van der Waals surface area contributed by atoms with E-state index in [2.05, 4.69) is 73.0 Å². The number of pyridine rings is 1. The van der Waals surface area contributed by atoms with Gasteiger partial charge in [0.1, 0.15) is 6.10 Å². The Kier molecular flexibility index (Phi) is 7.43. The number of H-pyrrole nitrogens is 1. The van der Waals surface area contributed by atoms with Crippen LogP contribution in [0.1, 0.15) is 67.2 Å². The molecule has 0 unspecified atom stereocenters. The minimum atomic E-state index is -0.163. The molecule has 0 radical (unpaired) electrons. The molecule has 1 atom stereocenters. The highest BCUT2D eigenvalue weighted by atomic mass is 16.6. The maximum absolute atomic E-state index is 12.6. The SMILES string of the molecule is C=Nn1cc(-c2[nH]c3ccc(C4CCN(C(=O)O[C@@H]5CCNC5)CC4)cc3c2C(C)C)c(C)c(C)/c1=N/C. The summed E-state index contributed by atoms with van der Waals surface area (Å²) in [5.41, 5.74) is 9.15. The van der Waals surface area contributed by atoms with Gasteiger partial charge in [-0.1, -0.05) is 19.9 Å². The standard InChI is InChI=1S/C30H40N6O2/c1-18(2)27-24-15-22(21-10-13-35(14-11-21)30(37)38-23-9-12-33-16-23)7-8-26(24)34-28(27)25-17-36(32-6)29(31-5)20(4)19(25)3/h7-8,15,17-18,21,23,33-34H,6,9-14,16H2,1-5H3/b31-29-/t23-/m1/s1. The van der Waals surface area contributed by atoms with Gasteiger partial charge in [0, 0.05) is 56.1 Å². The molecule has 1 amide bonds. The van der Waals surface area contributed by atoms with E-state index in [0.29, 0.717) is 11.8 Å². The van der Waals surface area contributed by atoms with Crippen molar-refractivity contribution >= 4 is 23.7 Å². The van der Waals surface area contributed by atoms with E-state index in [1.165, 1.54) is 22.1 Å². The number of hydrogen-bond acceptors (Lipinski definition) is 5. The van der Waals surface area contributed by atoms with Crippen molar-refractivity contribution in [3.05, 3.63) is 52.1 Å². The molecule has 2 aromatic heterocycles. The molecule has 2 fully saturated rings. The molecule has 8 nitrogen and oxygen atoms in total. The molecule has 2 N–H and O–H groups in total. The summed E-state index contributed by atoms with van der Waals surface area (Å²) >= 11 is 0. The number of fused-ring (bicyclic) bond motifs is 1. The number of likely N-dealkylation sites (tertiary alicyclic amines) is 1. The van der Waals surface area contributed by atoms with Crippen LogP contribution in [0, 0.1) is 13.8 Å². The van der Waals surface area contributed by atoms with Gasteiger partial charge in [-0.2, -0.15) is 5.10 Å². The summed E-state index contributed by atoms with van der Waals surface area (Å²) in [6.45, 7) is 15.7. The molecular weight excluding hydrogens is 476 g/mol. The third-order valence-corrected chi connectivity index (χ3v) is 8.35. The van der Waals surface area contributed by atoms with E-state index in [4.69, 9.17) is 4.74 Å². The van der Waals surface area contributed by atoms with E-state index in [1.54, 1.807) is 11.7 Å². The number of hydrogen-bond donors (Lipinski definition) is 2. The van der Waals surface area contributed by atoms with Gasteiger partial charge in [-0.3, -0.25) is 4.99 Å². The molecule has 0 bridgehead atoms. The summed E-state index contributed by atoms with van der Waals surface area (Å²) in [6.07, 6.45) is 4.68. The van der Waals surface area contributed by atoms with Crippen molar-refractivity contribution in [1.82, 2.24) is 19.9 Å². The number of aromatic amines is 1. The Morgan fingerprint density at radius 2 is 1.92 bits per heavy atom. The zero-order valence-electron chi connectivity index (χ0n) is 23.3. The average Bonchev–Trinajstić information content (AvgIpc) is 3.57. The van der Waals surface area contributed by atoms with E-state index < -0.39 is 0 Å². The average molecular weight is 517 g/mol. The topological polar surface area (TPSA) is 87.0 Å². The van der Waals surface area contributed by atoms with Crippen molar-refractivity contribution in [2.75, 3.05) is 33.2 Å². The molecule has 5 rings (SSSR count). The van der Waals surface area contributed by atoms with E-state index in [9.17, 15) is 4.79 Å². The first-order valence-electron chi connectivity index (χ1n) is 13.8. The quantitative estimate of drug-likeness (QED) is 0.466. The van der Waals surface area contributed by atoms with Crippen molar-refractivity contribution in [3.63, 3.8) is 0 Å². The van der Waals surface area contributed by atoms with Crippen LogP contribution in [0.4, 0.5) is 4.79 Å². The Balaban J connectivity index is 1.44. The summed E-state index contributed by atoms with van der Waals surface area (Å²) in [5, 5.41) is 8.72. The molecule has 2 aliphatic heterocycles. The Morgan fingerprint density at radius 1 is 1.16 bits per heavy atom. The second-order valence-electron chi connectivity index (χ2n) is 11.0. The summed E-state index contributed by atoms with van der Waals surface area (Å²) in [5.74, 6) is 0.757. The summed E-state index contributed by atoms with van der Waals surface area (Å²) < 4.78 is 7.45. The number of aromatic nitrogens is 2. The fourth-order valence-electron chi connectivity index (χ4n) is 6.09. The predicted molar refractivity (Wildman–Crippen MR) is 153 cm³/mol. The molecule has 202 valence electrons. The van der Waals surface area contributed by atoms with Gasteiger partial charge < -0.3 is 19.9 Å². The van der Waals surface area contributed by atoms with Crippen LogP contribution in [-0.2, 0) is 4.74 Å². The Bertz CT molecular complexity index is 1420. The maximum Gasteiger partial charge on any atom is 0.410 e. The van der Waals surface area contributed by atoms with Crippen LogP contribution in [0.25, 0.3) is 22.2 Å². The third-order valence-electron chi connectivity index (χ3n) is 8.35. The first-order chi connectivity index (χ1) is 18.3. The van der Waals surface area contributed by atoms with Gasteiger partial charge >= 0.3 is 6.09 Å². The normalized spacial score (nSPS) is 19.1. The van der Waals surface area contributed by atoms with Gasteiger partial charge in [-0.15, -0.1) is 0 Å². The highest BCUT2D eigenvalue weighted by Gasteiger charge is 2.28. The molecule has 0 spiro atoms. The lowest BCUT2D eigenvalue weighted by atomic mass is 9.87. The van der Waals surface area contributed by atoms with E-state index in [0.717, 1.165) is 73.3 Å². The van der Waals surface area contributed by atoms with Crippen LogP contribution in [0.5, 0.6) is 0 Å². The summed E-state index contributed by atoms with van der Waals surface area (Å²) in [4.78, 5) is 22.6. The molecule has 2 aliphatic rings. The maximum atomic E-state index is 12.6. The van der Waals surface area contributed by atoms with Crippen molar-refractivity contribution in [3.8, 4) is 11.3 Å². The molecule has 4 heterocycles. The molecular formula is C30H40N6O2. The van der Waals surface area contributed by atoms with Crippen LogP contribution >= 0.6 is 0 Å². The molecule has 3 aromatic rings. The van der Waals surface area contributed by atoms with Gasteiger partial charge in [0.05, 0.1) is 5.69 Å². The van der Waals surface area contributed by atoms with Crippen LogP contribution in [0.3, 0.4) is 0 Å². The zero-order chi connectivity index (χ0) is 27.0. The monoisotopic (exact) mass is 516 g/mol. The molecule has 0 saturated carbocycles. The minimum absolute atomic E-state index is 0.0107. The number of nitrogens with zero attached hydrogens (tertiary/aromatic N) is 4. The second kappa shape index (κ2) is 10.8. The number of carbonyl (C=O) groups excluding carboxylic acids is 1. The second-order valence-corrected chi connectivity index (χ2v) is 11.0. The van der Waals surface area contributed by atoms with Crippen molar-refractivity contribution in [1.29, 1.82) is 0 Å². The summed E-state index contributed by atoms with van der Waals surface area (Å²) in [7, 11) is 1.79. The molecule has 0 aliphatic carbocycles. The smallest absolute Gasteiger partial charge is 0.410 e. The predicted octanol–water partition coefficient (Wildman–Crippen LogP) is 5.05. The fraction of sp³-hybridized carbons (Fsp3) is 0.500. The van der Waals surface area contributed by atoms with E-state index in [1.807, 2.05) is 11.1 Å². The van der Waals surface area contributed by atoms with Crippen LogP contribution in [0.2, 0.25) is 0 Å². The van der Waals surface area contributed by atoms with Crippen molar-refractivity contribution in [2.24, 2.45) is 10.1 Å². The lowest BCUT2D eigenvalue weighted by Crippen LogP contribution is -2.40. The van der Waals surface area contributed by atoms with Crippen molar-refractivity contribution in [2.45, 2.75) is 64.9 Å². The lowest BCUT2D eigenvalue weighted by Gasteiger charge is -2.32. The minimum Gasteiger partial charge on any atom is -0.445 e. The highest BCUT2D eigenvalue weighted by molar-refractivity contribution is 5.92. The van der Waals surface area contributed by atoms with Gasteiger partial charge in [0.2, 0.25) is 0 Å². The third kappa shape index (κ3) is 4.77. The van der Waals surface area contributed by atoms with Crippen molar-refractivity contribution < 1.29 is 9.53 Å². The first-order valence-corrected chi connectivity index (χ1v) is 13.8. The van der Waals surface area contributed by atoms with Gasteiger partial charge in [-0.05, 0) is 85.9 Å². The number of benzene rings is 1. The Morgan fingerprint density at radius 3 is 2.55 bits per heavy atom. The molecule has 2 saturated heterocycles. The number of carbonyl (C=O) groups is 1. The number of amides is 1. The molecule has 8 heteroatoms. The van der Waals surface area contributed by atoms with Gasteiger partial charge in [0.15, 0.2) is 5.49 Å². The first kappa shape index (κ1) is 26.2. The van der Waals surface area contributed by atoms with Crippen LogP contribution < -0.4 is 10.8 Å². The number of ether oxygens (including phenoxy) is 1. The lowest BCUT2D eigenvalue weighted by molar-refractivity contribution is 0.0632. The van der Waals surface area contributed by atoms with E-state index in [-0.39, 0.29) is 12.2 Å². The number of nitrogens with one attached hydrogen (secondary N) is 2. The molecule has 1 aromatic carbocycles. The fourth-order valence-corrected chi connectivity index (χ4v) is 6.09. The van der Waals surface area contributed by atoms with Gasteiger partial charge in [0.25, 0.3) is 0 Å². The number of rotatable bonds is 5. The van der Waals surface area contributed by atoms with Crippen LogP contribution in [-0.4, -0.2) is 66.7 Å². The zero-order valence-corrected chi connectivity index (χ0v) is 23.3. The Hall–Kier alpha value is -3.39. The number of piperidine rings is 1. The van der Waals surface area contributed by atoms with Crippen LogP contribution in [0.15, 0.2) is 34.5 Å². The summed E-state index contributed by atoms with van der Waals surface area (Å²) in [6, 6.07) is 6.83. The Labute approximate surface area is 224 Å².